The zero-order valence-corrected chi connectivity index (χ0v) is 15.7. The van der Waals surface area contributed by atoms with Crippen LogP contribution < -0.4 is 22.1 Å². The number of aliphatic hydroxyl groups is 1. The maximum Gasteiger partial charge on any atom is 0.254 e. The van der Waals surface area contributed by atoms with E-state index in [0.717, 1.165) is 15.9 Å². The van der Waals surface area contributed by atoms with Crippen LogP contribution in [0.5, 0.6) is 0 Å². The van der Waals surface area contributed by atoms with E-state index in [1.54, 1.807) is 5.51 Å². The lowest BCUT2D eigenvalue weighted by Crippen LogP contribution is -2.44. The second kappa shape index (κ2) is 7.82. The van der Waals surface area contributed by atoms with Gasteiger partial charge in [0.15, 0.2) is 0 Å². The van der Waals surface area contributed by atoms with E-state index in [4.69, 9.17) is 11.5 Å². The van der Waals surface area contributed by atoms with E-state index >= 15 is 0 Å². The number of nitrogens with two attached hydrogens (primary N) is 2. The average Bonchev–Trinajstić information content (AvgIpc) is 3.06. The highest BCUT2D eigenvalue weighted by atomic mass is 32.1. The summed E-state index contributed by atoms with van der Waals surface area (Å²) < 4.78 is 0.999. The molecule has 0 aliphatic rings. The molecule has 3 rings (SSSR count). The van der Waals surface area contributed by atoms with Gasteiger partial charge in [-0.25, -0.2) is 9.97 Å². The zero-order chi connectivity index (χ0) is 19.6. The molecule has 0 spiro atoms. The van der Waals surface area contributed by atoms with Gasteiger partial charge in [-0.15, -0.1) is 11.3 Å². The third-order valence-corrected chi connectivity index (χ3v) is 4.82. The summed E-state index contributed by atoms with van der Waals surface area (Å²) in [4.78, 5) is 24.4. The third-order valence-electron chi connectivity index (χ3n) is 4.03. The Labute approximate surface area is 159 Å². The molecule has 2 aromatic heterocycles. The number of rotatable bonds is 7. The molecule has 1 aromatic carbocycles. The molecule has 9 nitrogen and oxygen atoms in total. The lowest BCUT2D eigenvalue weighted by atomic mass is 10.0. The lowest BCUT2D eigenvalue weighted by Gasteiger charge is -2.25. The van der Waals surface area contributed by atoms with E-state index in [2.05, 4.69) is 25.6 Å². The summed E-state index contributed by atoms with van der Waals surface area (Å²) in [5.41, 5.74) is 14.6. The second-order valence-electron chi connectivity index (χ2n) is 6.38. The van der Waals surface area contributed by atoms with E-state index in [1.807, 2.05) is 32.0 Å². The third kappa shape index (κ3) is 4.30. The number of amides is 1. The van der Waals surface area contributed by atoms with Gasteiger partial charge < -0.3 is 27.2 Å². The molecule has 2 heterocycles. The first-order chi connectivity index (χ1) is 12.8. The highest BCUT2D eigenvalue weighted by molar-refractivity contribution is 7.16. The molecule has 27 heavy (non-hydrogen) atoms. The summed E-state index contributed by atoms with van der Waals surface area (Å²) in [7, 11) is 0. The molecule has 0 saturated heterocycles. The number of aliphatic hydroxyl groups excluding tert-OH is 1. The van der Waals surface area contributed by atoms with Crippen molar-refractivity contribution in [2.24, 2.45) is 17.4 Å². The molecule has 0 bridgehead atoms. The van der Waals surface area contributed by atoms with Crippen LogP contribution in [0, 0.1) is 5.92 Å². The molecule has 7 N–H and O–H groups in total. The fraction of sp³-hybridized carbons (Fsp3) is 0.294. The van der Waals surface area contributed by atoms with Crippen molar-refractivity contribution in [2.45, 2.75) is 26.1 Å². The van der Waals surface area contributed by atoms with Gasteiger partial charge in [-0.2, -0.15) is 4.98 Å². The molecular formula is C17H21N7O2S. The first kappa shape index (κ1) is 19.0. The number of benzene rings is 1. The van der Waals surface area contributed by atoms with E-state index in [1.165, 1.54) is 17.5 Å². The minimum Gasteiger partial charge on any atom is -0.377 e. The number of nitrogens with one attached hydrogen (secondary N) is 2. The van der Waals surface area contributed by atoms with Crippen molar-refractivity contribution < 1.29 is 9.90 Å². The van der Waals surface area contributed by atoms with Crippen LogP contribution in [0.4, 0.5) is 17.5 Å². The van der Waals surface area contributed by atoms with E-state index < -0.39 is 18.2 Å². The fourth-order valence-electron chi connectivity index (χ4n) is 2.59. The van der Waals surface area contributed by atoms with E-state index in [-0.39, 0.29) is 23.2 Å². The Morgan fingerprint density at radius 1 is 1.30 bits per heavy atom. The largest absolute Gasteiger partial charge is 0.377 e. The first-order valence-electron chi connectivity index (χ1n) is 8.32. The second-order valence-corrected chi connectivity index (χ2v) is 7.27. The highest BCUT2D eigenvalue weighted by Gasteiger charge is 2.21. The molecule has 1 amide bonds. The van der Waals surface area contributed by atoms with E-state index in [9.17, 15) is 9.90 Å². The minimum atomic E-state index is -1.09. The summed E-state index contributed by atoms with van der Waals surface area (Å²) in [6.45, 7) is 3.82. The van der Waals surface area contributed by atoms with Crippen LogP contribution in [0.3, 0.4) is 0 Å². The molecule has 2 atom stereocenters. The number of hydrogen-bond acceptors (Lipinski definition) is 9. The Morgan fingerprint density at radius 2 is 2.07 bits per heavy atom. The number of nitrogens with zero attached hydrogens (tertiary/aromatic N) is 3. The molecule has 3 aromatic rings. The van der Waals surface area contributed by atoms with Crippen molar-refractivity contribution in [1.82, 2.24) is 15.0 Å². The summed E-state index contributed by atoms with van der Waals surface area (Å²) in [5.74, 6) is -0.126. The maximum atomic E-state index is 11.7. The van der Waals surface area contributed by atoms with Gasteiger partial charge in [-0.1, -0.05) is 13.8 Å². The quantitative estimate of drug-likeness (QED) is 0.384. The number of carbonyl (C=O) groups is 1. The van der Waals surface area contributed by atoms with Crippen LogP contribution in [0.2, 0.25) is 0 Å². The number of anilines is 3. The summed E-state index contributed by atoms with van der Waals surface area (Å²) in [6, 6.07) is 5.17. The van der Waals surface area contributed by atoms with Crippen molar-refractivity contribution in [3.63, 3.8) is 0 Å². The Bertz CT molecular complexity index is 949. The van der Waals surface area contributed by atoms with Gasteiger partial charge in [-0.3, -0.25) is 4.79 Å². The number of primary amides is 1. The fourth-order valence-corrected chi connectivity index (χ4v) is 3.31. The summed E-state index contributed by atoms with van der Waals surface area (Å²) >= 11 is 1.51. The Kier molecular flexibility index (Phi) is 5.49. The van der Waals surface area contributed by atoms with Crippen LogP contribution in [0.25, 0.3) is 10.2 Å². The van der Waals surface area contributed by atoms with Crippen molar-refractivity contribution in [2.75, 3.05) is 10.6 Å². The number of hydrogen-bond donors (Lipinski definition) is 5. The number of thiazole rings is 1. The SMILES string of the molecule is CC(C)[C@@H](Nc1ncc(C(N)=O)c(Nc2ccc3ncsc3c2)n1)C(N)O. The molecule has 0 aliphatic carbocycles. The standard InChI is InChI=1S/C17H21N7O2S/c1-8(2)13(15(19)26)23-17-20-6-10(14(18)25)16(24-17)22-9-3-4-11-12(5-9)27-7-21-11/h3-8,13,15,26H,19H2,1-2H3,(H2,18,25)(H2,20,22,23,24)/t13-,15?/m1/s1. The first-order valence-corrected chi connectivity index (χ1v) is 9.20. The van der Waals surface area contributed by atoms with Crippen molar-refractivity contribution in [3.8, 4) is 0 Å². The van der Waals surface area contributed by atoms with Crippen LogP contribution in [-0.4, -0.2) is 38.2 Å². The normalized spacial score (nSPS) is 13.5. The Morgan fingerprint density at radius 3 is 2.74 bits per heavy atom. The van der Waals surface area contributed by atoms with Gasteiger partial charge >= 0.3 is 0 Å². The molecule has 0 radical (unpaired) electrons. The lowest BCUT2D eigenvalue weighted by molar-refractivity contribution is 0.100. The van der Waals surface area contributed by atoms with Gasteiger partial charge in [0.2, 0.25) is 5.95 Å². The number of carbonyl (C=O) groups excluding carboxylic acids is 1. The van der Waals surface area contributed by atoms with Crippen molar-refractivity contribution in [3.05, 3.63) is 35.5 Å². The average molecular weight is 387 g/mol. The monoisotopic (exact) mass is 387 g/mol. The smallest absolute Gasteiger partial charge is 0.254 e. The topological polar surface area (TPSA) is 152 Å². The molecular weight excluding hydrogens is 366 g/mol. The van der Waals surface area contributed by atoms with Crippen LogP contribution in [-0.2, 0) is 0 Å². The zero-order valence-electron chi connectivity index (χ0n) is 14.9. The van der Waals surface area contributed by atoms with Gasteiger partial charge in [0.25, 0.3) is 5.91 Å². The summed E-state index contributed by atoms with van der Waals surface area (Å²) in [6.07, 6.45) is 0.250. The van der Waals surface area contributed by atoms with Crippen LogP contribution in [0.1, 0.15) is 24.2 Å². The molecule has 0 fully saturated rings. The molecule has 0 saturated carbocycles. The van der Waals surface area contributed by atoms with Gasteiger partial charge in [0.1, 0.15) is 17.6 Å². The Hall–Kier alpha value is -2.82. The number of fused-ring (bicyclic) bond motifs is 1. The molecule has 10 heteroatoms. The van der Waals surface area contributed by atoms with Gasteiger partial charge in [-0.05, 0) is 24.1 Å². The summed E-state index contributed by atoms with van der Waals surface area (Å²) in [5, 5.41) is 15.8. The Balaban J connectivity index is 1.92. The van der Waals surface area contributed by atoms with Gasteiger partial charge in [0.05, 0.1) is 21.8 Å². The number of aromatic nitrogens is 3. The maximum absolute atomic E-state index is 11.7. The van der Waals surface area contributed by atoms with Gasteiger partial charge in [0, 0.05) is 11.9 Å². The molecule has 1 unspecified atom stereocenters. The van der Waals surface area contributed by atoms with Crippen molar-refractivity contribution in [1.29, 1.82) is 0 Å². The van der Waals surface area contributed by atoms with Crippen molar-refractivity contribution >= 4 is 44.9 Å². The van der Waals surface area contributed by atoms with E-state index in [0.29, 0.717) is 0 Å². The van der Waals surface area contributed by atoms with Crippen LogP contribution >= 0.6 is 11.3 Å². The predicted molar refractivity (Wildman–Crippen MR) is 106 cm³/mol. The highest BCUT2D eigenvalue weighted by Crippen LogP contribution is 2.25. The predicted octanol–water partition coefficient (Wildman–Crippen LogP) is 1.64. The molecule has 0 aliphatic heterocycles. The van der Waals surface area contributed by atoms with Crippen LogP contribution in [0.15, 0.2) is 29.9 Å². The molecule has 142 valence electrons. The minimum absolute atomic E-state index is 0.0366.